The average molecular weight is 387 g/mol. The van der Waals surface area contributed by atoms with Crippen LogP contribution in [0.2, 0.25) is 0 Å². The van der Waals surface area contributed by atoms with Gasteiger partial charge < -0.3 is 0 Å². The van der Waals surface area contributed by atoms with Crippen molar-refractivity contribution in [1.29, 1.82) is 0 Å². The van der Waals surface area contributed by atoms with E-state index in [9.17, 15) is 4.79 Å². The number of nitrogens with zero attached hydrogens (tertiary/aromatic N) is 5. The maximum Gasteiger partial charge on any atom is 0.255 e. The largest absolute Gasteiger partial charge is 0.279 e. The van der Waals surface area contributed by atoms with Crippen molar-refractivity contribution in [2.75, 3.05) is 4.90 Å². The fourth-order valence-electron chi connectivity index (χ4n) is 3.55. The van der Waals surface area contributed by atoms with Crippen molar-refractivity contribution < 1.29 is 4.79 Å². The molecule has 1 aliphatic rings. The van der Waals surface area contributed by atoms with Crippen LogP contribution in [0.3, 0.4) is 0 Å². The molecule has 0 atom stereocenters. The van der Waals surface area contributed by atoms with Crippen LogP contribution < -0.4 is 4.90 Å². The van der Waals surface area contributed by atoms with Gasteiger partial charge in [0.1, 0.15) is 6.54 Å². The molecule has 138 valence electrons. The molecular weight excluding hydrogens is 370 g/mol. The second kappa shape index (κ2) is 7.01. The first-order chi connectivity index (χ1) is 13.8. The first kappa shape index (κ1) is 16.8. The highest BCUT2D eigenvalue weighted by atomic mass is 32.1. The molecule has 5 rings (SSSR count). The Balaban J connectivity index is 1.51. The molecule has 3 heterocycles. The summed E-state index contributed by atoms with van der Waals surface area (Å²) in [4.78, 5) is 17.4. The molecule has 0 unspecified atom stereocenters. The smallest absolute Gasteiger partial charge is 0.255 e. The molecular formula is C21H17N5OS. The summed E-state index contributed by atoms with van der Waals surface area (Å²) in [7, 11) is 0. The van der Waals surface area contributed by atoms with Crippen LogP contribution in [0.5, 0.6) is 0 Å². The molecule has 0 saturated carbocycles. The zero-order valence-corrected chi connectivity index (χ0v) is 15.8. The SMILES string of the molecule is O=C(Cn1nnc(-c2cccs2)n1)N1c2ccccc2CCc2ccccc21. The predicted octanol–water partition coefficient (Wildman–Crippen LogP) is 3.87. The highest BCUT2D eigenvalue weighted by molar-refractivity contribution is 7.13. The molecule has 0 N–H and O–H groups in total. The van der Waals surface area contributed by atoms with Gasteiger partial charge in [0.2, 0.25) is 5.82 Å². The van der Waals surface area contributed by atoms with Gasteiger partial charge in [0.25, 0.3) is 5.91 Å². The van der Waals surface area contributed by atoms with Crippen LogP contribution in [0.25, 0.3) is 10.7 Å². The number of thiophene rings is 1. The molecule has 6 nitrogen and oxygen atoms in total. The van der Waals surface area contributed by atoms with Crippen LogP contribution in [0.15, 0.2) is 66.0 Å². The van der Waals surface area contributed by atoms with E-state index in [1.807, 2.05) is 53.9 Å². The van der Waals surface area contributed by atoms with E-state index in [1.165, 1.54) is 4.80 Å². The van der Waals surface area contributed by atoms with E-state index in [4.69, 9.17) is 0 Å². The predicted molar refractivity (Wildman–Crippen MR) is 109 cm³/mol. The van der Waals surface area contributed by atoms with Crippen molar-refractivity contribution in [2.24, 2.45) is 0 Å². The number of aryl methyl sites for hydroxylation is 2. The Morgan fingerprint density at radius 2 is 1.61 bits per heavy atom. The summed E-state index contributed by atoms with van der Waals surface area (Å²) in [6, 6.07) is 20.0. The van der Waals surface area contributed by atoms with E-state index >= 15 is 0 Å². The number of carbonyl (C=O) groups excluding carboxylic acids is 1. The van der Waals surface area contributed by atoms with Crippen LogP contribution in [-0.4, -0.2) is 26.1 Å². The van der Waals surface area contributed by atoms with Gasteiger partial charge in [-0.25, -0.2) is 0 Å². The normalized spacial score (nSPS) is 12.9. The summed E-state index contributed by atoms with van der Waals surface area (Å²) < 4.78 is 0. The van der Waals surface area contributed by atoms with Gasteiger partial charge in [0.05, 0.1) is 16.3 Å². The number of hydrogen-bond donors (Lipinski definition) is 0. The fraction of sp³-hybridized carbons (Fsp3) is 0.143. The summed E-state index contributed by atoms with van der Waals surface area (Å²) in [6.45, 7) is 0.0288. The summed E-state index contributed by atoms with van der Waals surface area (Å²) in [6.07, 6.45) is 1.81. The number of anilines is 2. The van der Waals surface area contributed by atoms with E-state index < -0.39 is 0 Å². The van der Waals surface area contributed by atoms with E-state index in [1.54, 1.807) is 16.2 Å². The number of tetrazole rings is 1. The topological polar surface area (TPSA) is 63.9 Å². The Morgan fingerprint density at radius 1 is 0.929 bits per heavy atom. The van der Waals surface area contributed by atoms with Crippen LogP contribution in [0.1, 0.15) is 11.1 Å². The molecule has 0 spiro atoms. The van der Waals surface area contributed by atoms with Crippen LogP contribution >= 0.6 is 11.3 Å². The number of hydrogen-bond acceptors (Lipinski definition) is 5. The molecule has 0 saturated heterocycles. The lowest BCUT2D eigenvalue weighted by Gasteiger charge is -2.24. The minimum absolute atomic E-state index is 0.0288. The van der Waals surface area contributed by atoms with Gasteiger partial charge in [-0.2, -0.15) is 4.80 Å². The first-order valence-corrected chi connectivity index (χ1v) is 9.98. The van der Waals surface area contributed by atoms with Gasteiger partial charge >= 0.3 is 0 Å². The van der Waals surface area contributed by atoms with Gasteiger partial charge in [-0.1, -0.05) is 42.5 Å². The minimum atomic E-state index is -0.0862. The highest BCUT2D eigenvalue weighted by Gasteiger charge is 2.26. The second-order valence-corrected chi connectivity index (χ2v) is 7.56. The van der Waals surface area contributed by atoms with Crippen molar-refractivity contribution >= 4 is 28.6 Å². The molecule has 1 aliphatic heterocycles. The van der Waals surface area contributed by atoms with Crippen molar-refractivity contribution in [1.82, 2.24) is 20.2 Å². The molecule has 0 radical (unpaired) electrons. The molecule has 2 aromatic carbocycles. The Kier molecular flexibility index (Phi) is 4.21. The molecule has 1 amide bonds. The van der Waals surface area contributed by atoms with E-state index in [0.29, 0.717) is 5.82 Å². The van der Waals surface area contributed by atoms with Crippen LogP contribution in [0, 0.1) is 0 Å². The summed E-state index contributed by atoms with van der Waals surface area (Å²) >= 11 is 1.55. The number of benzene rings is 2. The van der Waals surface area contributed by atoms with Gasteiger partial charge in [-0.3, -0.25) is 9.69 Å². The molecule has 0 bridgehead atoms. The lowest BCUT2D eigenvalue weighted by molar-refractivity contribution is -0.118. The van der Waals surface area contributed by atoms with Gasteiger partial charge in [0.15, 0.2) is 0 Å². The monoisotopic (exact) mass is 387 g/mol. The molecule has 28 heavy (non-hydrogen) atoms. The summed E-state index contributed by atoms with van der Waals surface area (Å²) in [5.74, 6) is 0.455. The van der Waals surface area contributed by atoms with Crippen molar-refractivity contribution in [3.05, 3.63) is 77.2 Å². The molecule has 0 fully saturated rings. The lowest BCUT2D eigenvalue weighted by atomic mass is 10.0. The zero-order valence-electron chi connectivity index (χ0n) is 15.0. The first-order valence-electron chi connectivity index (χ1n) is 9.10. The van der Waals surface area contributed by atoms with Crippen molar-refractivity contribution in [2.45, 2.75) is 19.4 Å². The summed E-state index contributed by atoms with van der Waals surface area (Å²) in [5.41, 5.74) is 4.18. The van der Waals surface area contributed by atoms with Crippen LogP contribution in [0.4, 0.5) is 11.4 Å². The molecule has 0 aliphatic carbocycles. The average Bonchev–Trinajstić information content (AvgIpc) is 3.37. The summed E-state index contributed by atoms with van der Waals surface area (Å²) in [5, 5.41) is 14.5. The number of para-hydroxylation sites is 2. The fourth-order valence-corrected chi connectivity index (χ4v) is 4.20. The maximum absolute atomic E-state index is 13.3. The van der Waals surface area contributed by atoms with Crippen LogP contribution in [-0.2, 0) is 24.2 Å². The van der Waals surface area contributed by atoms with Gasteiger partial charge in [-0.15, -0.1) is 21.5 Å². The molecule has 2 aromatic heterocycles. The Labute approximate surface area is 166 Å². The van der Waals surface area contributed by atoms with E-state index in [-0.39, 0.29) is 12.5 Å². The maximum atomic E-state index is 13.3. The molecule has 4 aromatic rings. The zero-order chi connectivity index (χ0) is 18.9. The number of aromatic nitrogens is 4. The minimum Gasteiger partial charge on any atom is -0.279 e. The number of amides is 1. The van der Waals surface area contributed by atoms with E-state index in [0.717, 1.165) is 40.2 Å². The third kappa shape index (κ3) is 2.99. The molecule has 7 heteroatoms. The van der Waals surface area contributed by atoms with Gasteiger partial charge in [-0.05, 0) is 52.8 Å². The highest BCUT2D eigenvalue weighted by Crippen LogP contribution is 2.36. The number of rotatable bonds is 3. The number of fused-ring (bicyclic) bond motifs is 2. The standard InChI is InChI=1S/C21H17N5OS/c27-20(14-25-23-21(22-24-25)19-10-5-13-28-19)26-17-8-3-1-6-15(17)11-12-16-7-2-4-9-18(16)26/h1-10,13H,11-12,14H2. The quantitative estimate of drug-likeness (QED) is 0.535. The van der Waals surface area contributed by atoms with Crippen molar-refractivity contribution in [3.8, 4) is 10.7 Å². The Morgan fingerprint density at radius 3 is 2.25 bits per heavy atom. The Bertz CT molecular complexity index is 1090. The third-order valence-corrected chi connectivity index (χ3v) is 5.72. The van der Waals surface area contributed by atoms with E-state index in [2.05, 4.69) is 27.5 Å². The second-order valence-electron chi connectivity index (χ2n) is 6.61. The lowest BCUT2D eigenvalue weighted by Crippen LogP contribution is -2.31. The Hall–Kier alpha value is -3.32. The van der Waals surface area contributed by atoms with Crippen molar-refractivity contribution in [3.63, 3.8) is 0 Å². The third-order valence-electron chi connectivity index (χ3n) is 4.85. The number of carbonyl (C=O) groups is 1. The van der Waals surface area contributed by atoms with Gasteiger partial charge in [0, 0.05) is 0 Å².